The Bertz CT molecular complexity index is 671. The molecule has 2 rings (SSSR count). The zero-order chi connectivity index (χ0) is 14.9. The van der Waals surface area contributed by atoms with Crippen LogP contribution in [-0.2, 0) is 0 Å². The van der Waals surface area contributed by atoms with Crippen molar-refractivity contribution < 1.29 is 14.3 Å². The third-order valence-corrected chi connectivity index (χ3v) is 3.10. The first-order valence-corrected chi connectivity index (χ1v) is 6.33. The number of nitrogens with one attached hydrogen (secondary N) is 1. The Kier molecular flexibility index (Phi) is 4.32. The third-order valence-electron chi connectivity index (χ3n) is 2.34. The number of rotatable bonds is 3. The number of anilines is 2. The molecule has 4 nitrogen and oxygen atoms in total. The first-order valence-electron chi connectivity index (χ1n) is 5.20. The third kappa shape index (κ3) is 3.12. The van der Waals surface area contributed by atoms with E-state index >= 15 is 0 Å². The summed E-state index contributed by atoms with van der Waals surface area (Å²) in [5.74, 6) is -1.93. The van der Waals surface area contributed by atoms with E-state index in [1.54, 1.807) is 0 Å². The summed E-state index contributed by atoms with van der Waals surface area (Å²) >= 11 is 17.0. The minimum Gasteiger partial charge on any atom is -0.478 e. The molecule has 0 aliphatic rings. The maximum Gasteiger partial charge on any atom is 0.339 e. The molecule has 1 heterocycles. The van der Waals surface area contributed by atoms with Gasteiger partial charge in [-0.25, -0.2) is 14.2 Å². The van der Waals surface area contributed by atoms with E-state index in [1.807, 2.05) is 0 Å². The Labute approximate surface area is 128 Å². The zero-order valence-corrected chi connectivity index (χ0v) is 11.9. The second-order valence-electron chi connectivity index (χ2n) is 3.71. The molecule has 20 heavy (non-hydrogen) atoms. The van der Waals surface area contributed by atoms with Crippen LogP contribution < -0.4 is 5.32 Å². The quantitative estimate of drug-likeness (QED) is 0.634. The minimum atomic E-state index is -1.18. The first-order chi connectivity index (χ1) is 9.38. The van der Waals surface area contributed by atoms with Crippen LogP contribution in [0.15, 0.2) is 24.3 Å². The van der Waals surface area contributed by atoms with Crippen LogP contribution in [0.5, 0.6) is 0 Å². The summed E-state index contributed by atoms with van der Waals surface area (Å²) in [4.78, 5) is 14.9. The summed E-state index contributed by atoms with van der Waals surface area (Å²) in [6, 6.07) is 5.17. The molecule has 0 unspecified atom stereocenters. The second-order valence-corrected chi connectivity index (χ2v) is 4.92. The predicted octanol–water partition coefficient (Wildman–Crippen LogP) is 4.62. The maximum atomic E-state index is 13.3. The second kappa shape index (κ2) is 5.83. The van der Waals surface area contributed by atoms with E-state index in [4.69, 9.17) is 39.9 Å². The van der Waals surface area contributed by atoms with Gasteiger partial charge in [0.25, 0.3) is 0 Å². The van der Waals surface area contributed by atoms with Gasteiger partial charge in [-0.05, 0) is 24.3 Å². The molecule has 0 spiro atoms. The highest BCUT2D eigenvalue weighted by molar-refractivity contribution is 6.35. The molecule has 0 bridgehead atoms. The Morgan fingerprint density at radius 3 is 2.35 bits per heavy atom. The average molecular weight is 336 g/mol. The molecule has 1 aromatic heterocycles. The number of nitrogens with zero attached hydrogens (tertiary/aromatic N) is 1. The van der Waals surface area contributed by atoms with Crippen molar-refractivity contribution in [3.63, 3.8) is 0 Å². The van der Waals surface area contributed by atoms with Gasteiger partial charge < -0.3 is 10.4 Å². The van der Waals surface area contributed by atoms with E-state index < -0.39 is 11.8 Å². The Morgan fingerprint density at radius 1 is 1.20 bits per heavy atom. The van der Waals surface area contributed by atoms with Gasteiger partial charge in [0.15, 0.2) is 5.82 Å². The highest BCUT2D eigenvalue weighted by Gasteiger charge is 2.14. The van der Waals surface area contributed by atoms with Crippen LogP contribution in [0.4, 0.5) is 15.9 Å². The topological polar surface area (TPSA) is 62.2 Å². The van der Waals surface area contributed by atoms with Crippen molar-refractivity contribution in [1.29, 1.82) is 0 Å². The largest absolute Gasteiger partial charge is 0.478 e. The van der Waals surface area contributed by atoms with Gasteiger partial charge >= 0.3 is 5.97 Å². The fourth-order valence-corrected chi connectivity index (χ4v) is 2.10. The van der Waals surface area contributed by atoms with Crippen LogP contribution in [0.25, 0.3) is 0 Å². The van der Waals surface area contributed by atoms with Gasteiger partial charge in [-0.15, -0.1) is 0 Å². The van der Waals surface area contributed by atoms with Crippen LogP contribution >= 0.6 is 34.8 Å². The number of carbonyl (C=O) groups is 1. The van der Waals surface area contributed by atoms with E-state index in [9.17, 15) is 9.18 Å². The van der Waals surface area contributed by atoms with Crippen LogP contribution in [-0.4, -0.2) is 16.1 Å². The van der Waals surface area contributed by atoms with Crippen LogP contribution in [0.2, 0.25) is 15.2 Å². The van der Waals surface area contributed by atoms with E-state index in [2.05, 4.69) is 10.3 Å². The standard InChI is InChI=1S/C12H6Cl3FN2O2/c13-7-3-5(4-8(14)10(7)16)17-11-6(12(19)20)1-2-9(15)18-11/h1-4H,(H,17,18)(H,19,20). The van der Waals surface area contributed by atoms with Crippen molar-refractivity contribution in [2.75, 3.05) is 5.32 Å². The minimum absolute atomic E-state index is 0.00346. The molecule has 0 saturated heterocycles. The molecule has 0 aliphatic heterocycles. The average Bonchev–Trinajstić information content (AvgIpc) is 2.35. The van der Waals surface area contributed by atoms with Gasteiger partial charge in [-0.1, -0.05) is 34.8 Å². The molecule has 1 aromatic carbocycles. The number of aromatic carboxylic acids is 1. The number of carboxylic acid groups (broad SMARTS) is 1. The Balaban J connectivity index is 2.44. The summed E-state index contributed by atoms with van der Waals surface area (Å²) in [7, 11) is 0. The Morgan fingerprint density at radius 2 is 1.80 bits per heavy atom. The van der Waals surface area contributed by atoms with Gasteiger partial charge in [-0.2, -0.15) is 0 Å². The lowest BCUT2D eigenvalue weighted by molar-refractivity contribution is 0.0697. The molecule has 0 aliphatic carbocycles. The van der Waals surface area contributed by atoms with Crippen molar-refractivity contribution in [1.82, 2.24) is 4.98 Å². The molecule has 0 saturated carbocycles. The molecule has 8 heteroatoms. The first kappa shape index (κ1) is 14.8. The van der Waals surface area contributed by atoms with Crippen LogP contribution in [0.3, 0.4) is 0 Å². The van der Waals surface area contributed by atoms with Gasteiger partial charge in [-0.3, -0.25) is 0 Å². The van der Waals surface area contributed by atoms with Crippen molar-refractivity contribution in [2.24, 2.45) is 0 Å². The number of pyridine rings is 1. The van der Waals surface area contributed by atoms with Crippen molar-refractivity contribution in [3.05, 3.63) is 50.8 Å². The molecule has 0 amide bonds. The highest BCUT2D eigenvalue weighted by Crippen LogP contribution is 2.29. The van der Waals surface area contributed by atoms with Crippen LogP contribution in [0, 0.1) is 5.82 Å². The van der Waals surface area contributed by atoms with Crippen molar-refractivity contribution in [2.45, 2.75) is 0 Å². The SMILES string of the molecule is O=C(O)c1ccc(Cl)nc1Nc1cc(Cl)c(F)c(Cl)c1. The van der Waals surface area contributed by atoms with Gasteiger partial charge in [0, 0.05) is 5.69 Å². The number of halogens is 4. The molecule has 2 N–H and O–H groups in total. The highest BCUT2D eigenvalue weighted by atomic mass is 35.5. The van der Waals surface area contributed by atoms with Gasteiger partial charge in [0.05, 0.1) is 10.0 Å². The number of hydrogen-bond acceptors (Lipinski definition) is 3. The summed E-state index contributed by atoms with van der Waals surface area (Å²) in [5.41, 5.74) is 0.199. The zero-order valence-electron chi connectivity index (χ0n) is 9.62. The number of aromatic nitrogens is 1. The normalized spacial score (nSPS) is 10.4. The van der Waals surface area contributed by atoms with Crippen molar-refractivity contribution in [3.8, 4) is 0 Å². The fourth-order valence-electron chi connectivity index (χ4n) is 1.47. The molecule has 0 fully saturated rings. The summed E-state index contributed by atoms with van der Waals surface area (Å²) < 4.78 is 13.3. The summed E-state index contributed by atoms with van der Waals surface area (Å²) in [6.07, 6.45) is 0. The Hall–Kier alpha value is -1.56. The molecule has 2 aromatic rings. The monoisotopic (exact) mass is 334 g/mol. The van der Waals surface area contributed by atoms with E-state index in [-0.39, 0.29) is 26.6 Å². The number of carboxylic acids is 1. The predicted molar refractivity (Wildman–Crippen MR) is 75.9 cm³/mol. The smallest absolute Gasteiger partial charge is 0.339 e. The lowest BCUT2D eigenvalue weighted by atomic mass is 10.2. The maximum absolute atomic E-state index is 13.3. The molecule has 0 atom stereocenters. The number of hydrogen-bond donors (Lipinski definition) is 2. The molecule has 104 valence electrons. The lowest BCUT2D eigenvalue weighted by Gasteiger charge is -2.10. The van der Waals surface area contributed by atoms with Crippen LogP contribution in [0.1, 0.15) is 10.4 Å². The number of benzene rings is 1. The van der Waals surface area contributed by atoms with E-state index in [0.29, 0.717) is 5.69 Å². The summed E-state index contributed by atoms with van der Waals surface area (Å²) in [5, 5.41) is 11.5. The lowest BCUT2D eigenvalue weighted by Crippen LogP contribution is -2.05. The molecular formula is C12H6Cl3FN2O2. The van der Waals surface area contributed by atoms with E-state index in [0.717, 1.165) is 0 Å². The fraction of sp³-hybridized carbons (Fsp3) is 0. The summed E-state index contributed by atoms with van der Waals surface area (Å²) in [6.45, 7) is 0. The van der Waals surface area contributed by atoms with E-state index in [1.165, 1.54) is 24.3 Å². The van der Waals surface area contributed by atoms with Crippen molar-refractivity contribution >= 4 is 52.3 Å². The molecular weight excluding hydrogens is 330 g/mol. The molecule has 0 radical (unpaired) electrons. The van der Waals surface area contributed by atoms with Gasteiger partial charge in [0.2, 0.25) is 0 Å². The van der Waals surface area contributed by atoms with Gasteiger partial charge in [0.1, 0.15) is 16.5 Å².